The molecule has 0 spiro atoms. The van der Waals surface area contributed by atoms with Gasteiger partial charge in [0.2, 0.25) is 82.7 Å². The van der Waals surface area contributed by atoms with Gasteiger partial charge in [0.05, 0.1) is 50.9 Å². The highest BCUT2D eigenvalue weighted by molar-refractivity contribution is 6.12. The van der Waals surface area contributed by atoms with Gasteiger partial charge in [0.15, 0.2) is 5.78 Å². The fraction of sp³-hybridized carbons (Fsp3) is 0.470. The van der Waals surface area contributed by atoms with E-state index in [1.165, 1.54) is 30.3 Å². The number of benzene rings is 4. The van der Waals surface area contributed by atoms with Crippen LogP contribution in [0.5, 0.6) is 0 Å². The number of aliphatic hydroxyl groups excluding tert-OH is 2. The fourth-order valence-corrected chi connectivity index (χ4v) is 13.6. The molecule has 0 saturated carbocycles. The summed E-state index contributed by atoms with van der Waals surface area (Å²) in [5.41, 5.74) is 18.9. The number of fused-ring (bicyclic) bond motifs is 2. The predicted octanol–water partition coefficient (Wildman–Crippen LogP) is -3.51. The number of cyclic esters (lactones) is 1. The summed E-state index contributed by atoms with van der Waals surface area (Å²) in [7, 11) is 0. The van der Waals surface area contributed by atoms with E-state index in [0.717, 1.165) is 52.9 Å². The number of aromatic nitrogens is 1. The summed E-state index contributed by atoms with van der Waals surface area (Å²) in [6.07, 6.45) is -1.79. The highest BCUT2D eigenvalue weighted by Crippen LogP contribution is 2.26. The lowest BCUT2D eigenvalue weighted by Gasteiger charge is -2.30. The van der Waals surface area contributed by atoms with Gasteiger partial charge in [-0.3, -0.25) is 91.1 Å². The van der Waals surface area contributed by atoms with Gasteiger partial charge in [-0.05, 0) is 86.1 Å². The number of hydrogen-bond acceptors (Lipinski definition) is 25. The number of nitrogen functional groups attached to an aromatic ring is 2. The maximum atomic E-state index is 15.0. The number of anilines is 2. The predicted molar refractivity (Wildman–Crippen MR) is 451 cm³/mol. The van der Waals surface area contributed by atoms with E-state index in [2.05, 4.69) is 70.4 Å². The van der Waals surface area contributed by atoms with Crippen molar-refractivity contribution in [1.29, 1.82) is 0 Å². The first-order valence-corrected chi connectivity index (χ1v) is 41.0. The molecule has 0 bridgehead atoms. The number of primary amides is 1. The number of para-hydroxylation sites is 2. The smallest absolute Gasteiger partial charge is 0.329 e. The number of unbranched alkanes of at least 4 members (excludes halogenated alkanes) is 6. The monoisotopic (exact) mass is 1770 g/mol. The molecule has 1 saturated heterocycles. The second-order valence-electron chi connectivity index (χ2n) is 30.4. The highest BCUT2D eigenvalue weighted by atomic mass is 16.5. The second kappa shape index (κ2) is 50.5. The van der Waals surface area contributed by atoms with Crippen LogP contribution < -0.4 is 91.6 Å². The van der Waals surface area contributed by atoms with Crippen LogP contribution in [0.25, 0.3) is 21.7 Å². The third kappa shape index (κ3) is 32.5. The van der Waals surface area contributed by atoms with Crippen molar-refractivity contribution in [2.24, 2.45) is 11.7 Å². The summed E-state index contributed by atoms with van der Waals surface area (Å²) >= 11 is 0. The highest BCUT2D eigenvalue weighted by Gasteiger charge is 2.41. The number of rotatable bonds is 37. The quantitative estimate of drug-likeness (QED) is 0.00794. The molecular weight excluding hydrogens is 1670 g/mol. The number of nitrogens with two attached hydrogens (primary N) is 3. The molecule has 1 aliphatic heterocycles. The van der Waals surface area contributed by atoms with Gasteiger partial charge in [-0.15, -0.1) is 0 Å². The number of carbonyl (C=O) groups is 20. The summed E-state index contributed by atoms with van der Waals surface area (Å²) < 4.78 is 5.78. The number of Topliss-reactive ketones (excluding diaryl/α,β-unsaturated/α-hetero) is 1. The van der Waals surface area contributed by atoms with Gasteiger partial charge in [0.25, 0.3) is 5.91 Å². The third-order valence-corrected chi connectivity index (χ3v) is 20.3. The fourth-order valence-electron chi connectivity index (χ4n) is 13.6. The van der Waals surface area contributed by atoms with Crippen molar-refractivity contribution in [3.8, 4) is 0 Å². The van der Waals surface area contributed by atoms with Crippen molar-refractivity contribution >= 4 is 151 Å². The summed E-state index contributed by atoms with van der Waals surface area (Å²) in [4.78, 5) is 281. The Kier molecular flexibility index (Phi) is 40.4. The Bertz CT molecular complexity index is 4850. The molecule has 44 nitrogen and oxygen atoms in total. The number of ether oxygens (including phenoxy) is 1. The van der Waals surface area contributed by atoms with Gasteiger partial charge in [0, 0.05) is 66.5 Å². The minimum absolute atomic E-state index is 0.000552. The molecule has 5 aromatic rings. The van der Waals surface area contributed by atoms with E-state index in [1.807, 2.05) is 16.0 Å². The first-order valence-electron chi connectivity index (χ1n) is 41.0. The molecule has 2 heterocycles. The molecule has 13 atom stereocenters. The average molecular weight is 1780 g/mol. The van der Waals surface area contributed by atoms with Gasteiger partial charge in [-0.1, -0.05) is 113 Å². The largest absolute Gasteiger partial charge is 0.481 e. The van der Waals surface area contributed by atoms with Crippen molar-refractivity contribution in [2.45, 2.75) is 209 Å². The number of carboxylic acids is 3. The van der Waals surface area contributed by atoms with Crippen LogP contribution in [0.4, 0.5) is 11.4 Å². The number of H-pyrrole nitrogens is 1. The molecule has 1 aliphatic rings. The van der Waals surface area contributed by atoms with Gasteiger partial charge in [-0.2, -0.15) is 0 Å². The van der Waals surface area contributed by atoms with Crippen molar-refractivity contribution in [3.05, 3.63) is 108 Å². The zero-order valence-electron chi connectivity index (χ0n) is 70.3. The normalized spacial score (nSPS) is 20.3. The van der Waals surface area contributed by atoms with Gasteiger partial charge in [0.1, 0.15) is 72.6 Å². The number of ketones is 1. The van der Waals surface area contributed by atoms with E-state index >= 15 is 9.59 Å². The molecule has 26 N–H and O–H groups in total. The van der Waals surface area contributed by atoms with Crippen LogP contribution in [0.15, 0.2) is 91.1 Å². The molecule has 688 valence electrons. The SMILES string of the molecule is CCCCCCCCCC(=O)N[C@@H](Cc1c[nH]c2ccccc12)C(=O)N[C@@H](CC(N)=O)C(=O)N[C@@H](CCO)C(=O)N[C@@H]1C(=O)NCC(=O)N[C@@H](CCCNC(=O)c2c(N)ccc3ccccc23)C(=O)N[C@@H](CC(=O)O)C(=O)N[C@H](C)C(=O)N[C@@H](CC(=O)O)C(=O)NCC(=O)N[C@H](CO)C(=O)N[C@@H]([C@H](C)CC(=O)O)C(=O)N[C@@H](CC(=O)c2ccccc2N)C(=O)O[C@@H]1C. The Hall–Kier alpha value is -14.2. The zero-order chi connectivity index (χ0) is 93.7. The van der Waals surface area contributed by atoms with Crippen LogP contribution in [0.1, 0.15) is 157 Å². The van der Waals surface area contributed by atoms with Crippen molar-refractivity contribution in [3.63, 3.8) is 0 Å². The Morgan fingerprint density at radius 3 is 1.76 bits per heavy atom. The lowest BCUT2D eigenvalue weighted by atomic mass is 9.96. The van der Waals surface area contributed by atoms with Crippen LogP contribution in [-0.2, 0) is 97.5 Å². The summed E-state index contributed by atoms with van der Waals surface area (Å²) in [5, 5.41) is 84.0. The topological polar surface area (TPSA) is 714 Å². The third-order valence-electron chi connectivity index (χ3n) is 20.3. The molecule has 0 unspecified atom stereocenters. The number of nitrogens with one attached hydrogen (secondary N) is 15. The maximum Gasteiger partial charge on any atom is 0.329 e. The Balaban J connectivity index is 1.43. The van der Waals surface area contributed by atoms with E-state index in [4.69, 9.17) is 21.9 Å². The van der Waals surface area contributed by atoms with E-state index < -0.39 is 268 Å². The Labute approximate surface area is 727 Å². The number of carbonyl (C=O) groups excluding carboxylic acids is 17. The van der Waals surface area contributed by atoms with Crippen LogP contribution >= 0.6 is 0 Å². The standard InChI is InChI=1S/C83H110N18O26/c1-5-6-7-8-9-10-11-26-63(106)93-55(33-46-38-88-52-24-17-15-20-47(46)52)77(120)97-56(35-62(86)105)78(121)95-54(29-31-102)75(118)101-71-44(4)127-83(126)59(34-61(104)49-22-14-16-23-50(49)84)99-82(125)70(42(2)32-66(109)110)100-79(122)60(41-103)94-65(108)39-89-73(116)57(36-67(111)112)96-72(115)43(3)91-76(119)58(37-68(113)114)98-74(117)53(92-64(107)40-90-81(71)124)25-18-30-87-80(123)69-48-21-13-12-19-45(48)27-28-51(69)85/h12-17,19-24,27-28,38,42-44,53-60,70-71,88,102-103H,5-11,18,25-26,29-37,39-41,84-85H2,1-4H3,(H2,86,105)(H,87,123)(H,89,116)(H,90,124)(H,91,119)(H,92,107)(H,93,106)(H,94,108)(H,95,121)(H,96,115)(H,97,120)(H,98,117)(H,99,125)(H,100,122)(H,101,118)(H,109,110)(H,111,112)(H,113,114)/t42-,43-,44-,53+,54+,55+,56+,57+,58+,59+,60-,70+,71+/m1/s1. The van der Waals surface area contributed by atoms with E-state index in [0.29, 0.717) is 40.1 Å². The Morgan fingerprint density at radius 2 is 1.11 bits per heavy atom. The minimum Gasteiger partial charge on any atom is -0.481 e. The van der Waals surface area contributed by atoms with Crippen LogP contribution in [0.2, 0.25) is 0 Å². The zero-order valence-corrected chi connectivity index (χ0v) is 70.3. The first-order chi connectivity index (χ1) is 60.3. The number of aliphatic carboxylic acids is 3. The van der Waals surface area contributed by atoms with Crippen molar-refractivity contribution < 1.29 is 126 Å². The van der Waals surface area contributed by atoms with Crippen molar-refractivity contribution in [1.82, 2.24) is 79.4 Å². The molecule has 1 aromatic heterocycles. The molecular formula is C83H110N18O26. The first kappa shape index (κ1) is 102. The number of amides is 15. The molecule has 127 heavy (non-hydrogen) atoms. The number of aliphatic hydroxyl groups is 2. The minimum atomic E-state index is -2.39. The maximum absolute atomic E-state index is 15.0. The lowest BCUT2D eigenvalue weighted by molar-refractivity contribution is -0.156. The molecule has 6 rings (SSSR count). The second-order valence-corrected chi connectivity index (χ2v) is 30.4. The summed E-state index contributed by atoms with van der Waals surface area (Å²) in [5.74, 6) is -28.2. The van der Waals surface area contributed by atoms with E-state index in [9.17, 15) is 112 Å². The summed E-state index contributed by atoms with van der Waals surface area (Å²) in [6.45, 7) is 0.0585. The molecule has 15 amide bonds. The van der Waals surface area contributed by atoms with E-state index in [-0.39, 0.29) is 48.3 Å². The van der Waals surface area contributed by atoms with Gasteiger partial charge in [-0.25, -0.2) is 4.79 Å². The molecule has 1 fully saturated rings. The van der Waals surface area contributed by atoms with Crippen LogP contribution in [0.3, 0.4) is 0 Å². The molecule has 0 aliphatic carbocycles. The van der Waals surface area contributed by atoms with E-state index in [1.54, 1.807) is 60.8 Å². The molecule has 44 heteroatoms. The molecule has 4 aromatic carbocycles. The van der Waals surface area contributed by atoms with Crippen LogP contribution in [-0.4, -0.2) is 254 Å². The number of hydrogen-bond donors (Lipinski definition) is 23. The number of aromatic amines is 1. The van der Waals surface area contributed by atoms with Crippen LogP contribution in [0, 0.1) is 5.92 Å². The summed E-state index contributed by atoms with van der Waals surface area (Å²) in [6, 6.07) is -0.285. The van der Waals surface area contributed by atoms with Gasteiger partial charge >= 0.3 is 23.9 Å². The Morgan fingerprint density at radius 1 is 0.535 bits per heavy atom. The van der Waals surface area contributed by atoms with Gasteiger partial charge < -0.3 is 127 Å². The number of carboxylic acid groups (broad SMARTS) is 3. The number of esters is 1. The lowest BCUT2D eigenvalue weighted by Crippen LogP contribution is -2.61. The molecule has 0 radical (unpaired) electrons. The average Bonchev–Trinajstić information content (AvgIpc) is 1.12. The van der Waals surface area contributed by atoms with Crippen molar-refractivity contribution in [2.75, 3.05) is 44.3 Å².